The molecule has 0 aromatic carbocycles. The van der Waals surface area contributed by atoms with Crippen LogP contribution in [0.2, 0.25) is 0 Å². The van der Waals surface area contributed by atoms with Crippen molar-refractivity contribution in [3.05, 3.63) is 29.7 Å². The van der Waals surface area contributed by atoms with Gasteiger partial charge in [-0.05, 0) is 26.3 Å². The van der Waals surface area contributed by atoms with Crippen molar-refractivity contribution in [2.45, 2.75) is 45.5 Å². The van der Waals surface area contributed by atoms with Crippen LogP contribution in [-0.2, 0) is 17.8 Å². The van der Waals surface area contributed by atoms with E-state index in [9.17, 15) is 0 Å². The minimum atomic E-state index is 0.108. The molecule has 2 atom stereocenters. The average Bonchev–Trinajstić information content (AvgIpc) is 3.18. The van der Waals surface area contributed by atoms with E-state index in [-0.39, 0.29) is 12.1 Å². The van der Waals surface area contributed by atoms with E-state index >= 15 is 0 Å². The quantitative estimate of drug-likeness (QED) is 0.832. The van der Waals surface area contributed by atoms with Crippen molar-refractivity contribution < 1.29 is 9.26 Å². The lowest BCUT2D eigenvalue weighted by atomic mass is 10.2. The van der Waals surface area contributed by atoms with Gasteiger partial charge in [0, 0.05) is 32.9 Å². The molecule has 114 valence electrons. The summed E-state index contributed by atoms with van der Waals surface area (Å²) in [6.07, 6.45) is 2.91. The number of aromatic nitrogens is 4. The molecule has 3 heterocycles. The lowest BCUT2D eigenvalue weighted by Gasteiger charge is -2.21. The Morgan fingerprint density at radius 3 is 3.00 bits per heavy atom. The molecular formula is C14H21N5O2. The molecule has 0 aliphatic carbocycles. The lowest BCUT2D eigenvalue weighted by molar-refractivity contribution is 0.107. The molecule has 1 aliphatic rings. The molecule has 0 unspecified atom stereocenters. The highest BCUT2D eigenvalue weighted by Gasteiger charge is 2.37. The number of likely N-dealkylation sites (tertiary alicyclic amines) is 1. The smallest absolute Gasteiger partial charge is 0.244 e. The second kappa shape index (κ2) is 5.95. The molecule has 0 spiro atoms. The normalized spacial score (nSPS) is 23.0. The van der Waals surface area contributed by atoms with E-state index in [2.05, 4.69) is 33.1 Å². The zero-order chi connectivity index (χ0) is 14.8. The summed E-state index contributed by atoms with van der Waals surface area (Å²) in [6, 6.07) is 2.16. The Morgan fingerprint density at radius 2 is 2.33 bits per heavy atom. The molecule has 0 amide bonds. The first-order chi connectivity index (χ1) is 10.2. The summed E-state index contributed by atoms with van der Waals surface area (Å²) in [5.74, 6) is 1.35. The monoisotopic (exact) mass is 291 g/mol. The standard InChI is InChI=1S/C14H21N5O2/c1-4-19-11(5-6-15-19)8-18-9-12(20-3)7-13(18)14-16-10(2)17-21-14/h5-6,12-13H,4,7-9H2,1-3H3/t12-,13-/m1/s1. The number of rotatable bonds is 5. The van der Waals surface area contributed by atoms with Gasteiger partial charge in [0.1, 0.15) is 0 Å². The molecule has 1 fully saturated rings. The molecule has 7 nitrogen and oxygen atoms in total. The highest BCUT2D eigenvalue weighted by Crippen LogP contribution is 2.33. The number of hydrogen-bond donors (Lipinski definition) is 0. The van der Waals surface area contributed by atoms with E-state index in [4.69, 9.17) is 9.26 Å². The van der Waals surface area contributed by atoms with Gasteiger partial charge in [-0.15, -0.1) is 0 Å². The Balaban J connectivity index is 1.80. The fraction of sp³-hybridized carbons (Fsp3) is 0.643. The average molecular weight is 291 g/mol. The number of aryl methyl sites for hydroxylation is 2. The van der Waals surface area contributed by atoms with E-state index < -0.39 is 0 Å². The molecule has 2 aromatic heterocycles. The van der Waals surface area contributed by atoms with Gasteiger partial charge in [-0.2, -0.15) is 10.1 Å². The Morgan fingerprint density at radius 1 is 1.48 bits per heavy atom. The van der Waals surface area contributed by atoms with Crippen molar-refractivity contribution in [1.82, 2.24) is 24.8 Å². The molecule has 0 N–H and O–H groups in total. The number of methoxy groups -OCH3 is 1. The predicted molar refractivity (Wildman–Crippen MR) is 75.5 cm³/mol. The third-order valence-electron chi connectivity index (χ3n) is 4.00. The predicted octanol–water partition coefficient (Wildman–Crippen LogP) is 1.56. The van der Waals surface area contributed by atoms with Crippen LogP contribution in [0.4, 0.5) is 0 Å². The van der Waals surface area contributed by atoms with Crippen LogP contribution in [-0.4, -0.2) is 44.6 Å². The molecule has 1 aliphatic heterocycles. The van der Waals surface area contributed by atoms with E-state index in [1.54, 1.807) is 7.11 Å². The first kappa shape index (κ1) is 14.2. The van der Waals surface area contributed by atoms with Gasteiger partial charge in [0.05, 0.1) is 17.8 Å². The van der Waals surface area contributed by atoms with E-state index in [0.29, 0.717) is 11.7 Å². The molecule has 1 saturated heterocycles. The van der Waals surface area contributed by atoms with Gasteiger partial charge in [0.2, 0.25) is 5.89 Å². The summed E-state index contributed by atoms with van der Waals surface area (Å²) in [5.41, 5.74) is 1.19. The van der Waals surface area contributed by atoms with Gasteiger partial charge in [-0.1, -0.05) is 5.16 Å². The zero-order valence-corrected chi connectivity index (χ0v) is 12.7. The summed E-state index contributed by atoms with van der Waals surface area (Å²) in [5, 5.41) is 8.23. The van der Waals surface area contributed by atoms with Crippen LogP contribution in [0.1, 0.15) is 36.8 Å². The second-order valence-corrected chi connectivity index (χ2v) is 5.36. The van der Waals surface area contributed by atoms with Crippen molar-refractivity contribution in [2.24, 2.45) is 0 Å². The van der Waals surface area contributed by atoms with Gasteiger partial charge in [0.25, 0.3) is 0 Å². The van der Waals surface area contributed by atoms with Crippen LogP contribution in [0.15, 0.2) is 16.8 Å². The van der Waals surface area contributed by atoms with Crippen molar-refractivity contribution in [3.63, 3.8) is 0 Å². The maximum Gasteiger partial charge on any atom is 0.244 e. The largest absolute Gasteiger partial charge is 0.380 e. The van der Waals surface area contributed by atoms with Crippen molar-refractivity contribution in [2.75, 3.05) is 13.7 Å². The van der Waals surface area contributed by atoms with Crippen LogP contribution in [0.25, 0.3) is 0 Å². The third kappa shape index (κ3) is 2.84. The fourth-order valence-electron chi connectivity index (χ4n) is 2.90. The fourth-order valence-corrected chi connectivity index (χ4v) is 2.90. The Bertz CT molecular complexity index is 594. The minimum absolute atomic E-state index is 0.108. The van der Waals surface area contributed by atoms with Crippen LogP contribution >= 0.6 is 0 Å². The van der Waals surface area contributed by atoms with Gasteiger partial charge >= 0.3 is 0 Å². The lowest BCUT2D eigenvalue weighted by Crippen LogP contribution is -2.26. The molecule has 0 bridgehead atoms. The van der Waals surface area contributed by atoms with Crippen LogP contribution in [0, 0.1) is 6.92 Å². The minimum Gasteiger partial charge on any atom is -0.380 e. The first-order valence-electron chi connectivity index (χ1n) is 7.29. The molecule has 21 heavy (non-hydrogen) atoms. The zero-order valence-electron chi connectivity index (χ0n) is 12.7. The molecule has 2 aromatic rings. The highest BCUT2D eigenvalue weighted by molar-refractivity contribution is 5.05. The Labute approximate surface area is 123 Å². The summed E-state index contributed by atoms with van der Waals surface area (Å²) >= 11 is 0. The maximum atomic E-state index is 5.52. The maximum absolute atomic E-state index is 5.52. The van der Waals surface area contributed by atoms with E-state index in [0.717, 1.165) is 26.1 Å². The van der Waals surface area contributed by atoms with Gasteiger partial charge in [-0.3, -0.25) is 9.58 Å². The van der Waals surface area contributed by atoms with Crippen molar-refractivity contribution >= 4 is 0 Å². The number of ether oxygens (including phenoxy) is 1. The number of hydrogen-bond acceptors (Lipinski definition) is 6. The molecule has 0 saturated carbocycles. The Kier molecular flexibility index (Phi) is 4.03. The summed E-state index contributed by atoms with van der Waals surface area (Å²) in [6.45, 7) is 6.47. The van der Waals surface area contributed by atoms with Crippen LogP contribution in [0.3, 0.4) is 0 Å². The first-order valence-corrected chi connectivity index (χ1v) is 7.29. The van der Waals surface area contributed by atoms with Gasteiger partial charge in [0.15, 0.2) is 5.82 Å². The van der Waals surface area contributed by atoms with E-state index in [1.807, 2.05) is 17.8 Å². The molecule has 3 rings (SSSR count). The molecular weight excluding hydrogens is 270 g/mol. The van der Waals surface area contributed by atoms with Crippen LogP contribution in [0.5, 0.6) is 0 Å². The Hall–Kier alpha value is -1.73. The summed E-state index contributed by atoms with van der Waals surface area (Å²) < 4.78 is 12.9. The molecule has 0 radical (unpaired) electrons. The third-order valence-corrected chi connectivity index (χ3v) is 4.00. The highest BCUT2D eigenvalue weighted by atomic mass is 16.5. The molecule has 7 heteroatoms. The second-order valence-electron chi connectivity index (χ2n) is 5.36. The summed E-state index contributed by atoms with van der Waals surface area (Å²) in [4.78, 5) is 6.71. The van der Waals surface area contributed by atoms with Gasteiger partial charge in [-0.25, -0.2) is 0 Å². The van der Waals surface area contributed by atoms with Crippen molar-refractivity contribution in [1.29, 1.82) is 0 Å². The topological polar surface area (TPSA) is 69.2 Å². The van der Waals surface area contributed by atoms with Gasteiger partial charge < -0.3 is 9.26 Å². The van der Waals surface area contributed by atoms with Crippen molar-refractivity contribution in [3.8, 4) is 0 Å². The SMILES string of the molecule is CCn1nccc1CN1C[C@H](OC)C[C@@H]1c1nc(C)no1. The van der Waals surface area contributed by atoms with E-state index in [1.165, 1.54) is 5.69 Å². The summed E-state index contributed by atoms with van der Waals surface area (Å²) in [7, 11) is 1.75. The van der Waals surface area contributed by atoms with Crippen LogP contribution < -0.4 is 0 Å². The number of nitrogens with zero attached hydrogens (tertiary/aromatic N) is 5.